The maximum atomic E-state index is 5.77. The summed E-state index contributed by atoms with van der Waals surface area (Å²) in [6.45, 7) is 5.07. The van der Waals surface area contributed by atoms with Crippen LogP contribution in [0, 0.1) is 5.92 Å². The molecule has 1 aliphatic heterocycles. The second kappa shape index (κ2) is 7.34. The number of hydrogen-bond acceptors (Lipinski definition) is 3. The zero-order valence-corrected chi connectivity index (χ0v) is 11.1. The predicted molar refractivity (Wildman–Crippen MR) is 71.0 cm³/mol. The molecule has 0 unspecified atom stereocenters. The van der Waals surface area contributed by atoms with Gasteiger partial charge in [0.05, 0.1) is 0 Å². The maximum Gasteiger partial charge on any atom is 0.0469 e. The molecule has 0 amide bonds. The first-order chi connectivity index (χ1) is 8.40. The third-order valence-corrected chi connectivity index (χ3v) is 4.34. The standard InChI is InChI=1S/C14H28N2O/c15-8-9-16(14-4-2-1-3-5-14)12-13-6-10-17-11-7-13/h13-14H,1-12,15H2. The molecule has 100 valence electrons. The molecule has 0 spiro atoms. The molecule has 3 nitrogen and oxygen atoms in total. The molecule has 0 aromatic carbocycles. The van der Waals surface area contributed by atoms with E-state index >= 15 is 0 Å². The third-order valence-electron chi connectivity index (χ3n) is 4.34. The lowest BCUT2D eigenvalue weighted by molar-refractivity contribution is 0.0417. The molecule has 3 heteroatoms. The summed E-state index contributed by atoms with van der Waals surface area (Å²) in [4.78, 5) is 2.68. The van der Waals surface area contributed by atoms with Gasteiger partial charge in [-0.05, 0) is 31.6 Å². The van der Waals surface area contributed by atoms with E-state index in [1.165, 1.54) is 51.5 Å². The van der Waals surface area contributed by atoms with Crippen LogP contribution in [0.25, 0.3) is 0 Å². The molecule has 1 saturated carbocycles. The van der Waals surface area contributed by atoms with E-state index in [1.807, 2.05) is 0 Å². The first-order valence-electron chi connectivity index (χ1n) is 7.42. The van der Waals surface area contributed by atoms with E-state index in [4.69, 9.17) is 10.5 Å². The Bertz CT molecular complexity index is 198. The minimum absolute atomic E-state index is 0.805. The average molecular weight is 240 g/mol. The minimum Gasteiger partial charge on any atom is -0.381 e. The summed E-state index contributed by atoms with van der Waals surface area (Å²) in [5.41, 5.74) is 5.77. The van der Waals surface area contributed by atoms with Crippen molar-refractivity contribution < 1.29 is 4.74 Å². The molecule has 2 rings (SSSR count). The normalized spacial score (nSPS) is 24.4. The Labute approximate surface area is 106 Å². The highest BCUT2D eigenvalue weighted by atomic mass is 16.5. The number of ether oxygens (including phenoxy) is 1. The first-order valence-corrected chi connectivity index (χ1v) is 7.42. The predicted octanol–water partition coefficient (Wildman–Crippen LogP) is 2.01. The number of hydrogen-bond donors (Lipinski definition) is 1. The summed E-state index contributed by atoms with van der Waals surface area (Å²) in [7, 11) is 0. The van der Waals surface area contributed by atoms with Crippen LogP contribution in [0.4, 0.5) is 0 Å². The van der Waals surface area contributed by atoms with Crippen LogP contribution in [0.1, 0.15) is 44.9 Å². The zero-order valence-electron chi connectivity index (χ0n) is 11.1. The fourth-order valence-electron chi connectivity index (χ4n) is 3.30. The fourth-order valence-corrected chi connectivity index (χ4v) is 3.30. The summed E-state index contributed by atoms with van der Waals surface area (Å²) in [6, 6.07) is 0.815. The molecular formula is C14H28N2O. The summed E-state index contributed by atoms with van der Waals surface area (Å²) in [5, 5.41) is 0. The van der Waals surface area contributed by atoms with Crippen LogP contribution in [0.2, 0.25) is 0 Å². The van der Waals surface area contributed by atoms with E-state index in [2.05, 4.69) is 4.90 Å². The molecule has 0 radical (unpaired) electrons. The van der Waals surface area contributed by atoms with Gasteiger partial charge in [-0.15, -0.1) is 0 Å². The topological polar surface area (TPSA) is 38.5 Å². The molecule has 0 bridgehead atoms. The van der Waals surface area contributed by atoms with Gasteiger partial charge in [0.15, 0.2) is 0 Å². The Morgan fingerprint density at radius 3 is 2.35 bits per heavy atom. The van der Waals surface area contributed by atoms with E-state index in [0.29, 0.717) is 0 Å². The van der Waals surface area contributed by atoms with Crippen LogP contribution in [-0.2, 0) is 4.74 Å². The van der Waals surface area contributed by atoms with E-state index in [-0.39, 0.29) is 0 Å². The highest BCUT2D eigenvalue weighted by Gasteiger charge is 2.24. The fraction of sp³-hybridized carbons (Fsp3) is 1.00. The Balaban J connectivity index is 1.81. The van der Waals surface area contributed by atoms with Crippen LogP contribution < -0.4 is 5.73 Å². The molecule has 0 aromatic rings. The summed E-state index contributed by atoms with van der Waals surface area (Å²) in [5.74, 6) is 0.845. The monoisotopic (exact) mass is 240 g/mol. The zero-order chi connectivity index (χ0) is 11.9. The molecule has 1 saturated heterocycles. The van der Waals surface area contributed by atoms with E-state index in [0.717, 1.165) is 38.3 Å². The van der Waals surface area contributed by atoms with Crippen molar-refractivity contribution in [2.45, 2.75) is 51.0 Å². The van der Waals surface area contributed by atoms with Gasteiger partial charge in [-0.2, -0.15) is 0 Å². The number of rotatable bonds is 5. The summed E-state index contributed by atoms with van der Waals surface area (Å²) < 4.78 is 5.44. The van der Waals surface area contributed by atoms with E-state index in [9.17, 15) is 0 Å². The molecule has 0 atom stereocenters. The van der Waals surface area contributed by atoms with Crippen molar-refractivity contribution in [3.63, 3.8) is 0 Å². The van der Waals surface area contributed by atoms with Gasteiger partial charge >= 0.3 is 0 Å². The Morgan fingerprint density at radius 2 is 1.71 bits per heavy atom. The van der Waals surface area contributed by atoms with Gasteiger partial charge in [0.1, 0.15) is 0 Å². The summed E-state index contributed by atoms with van der Waals surface area (Å²) >= 11 is 0. The second-order valence-corrected chi connectivity index (χ2v) is 5.63. The SMILES string of the molecule is NCCN(CC1CCOCC1)C1CCCCC1. The van der Waals surface area contributed by atoms with Crippen molar-refractivity contribution in [3.8, 4) is 0 Å². The molecule has 17 heavy (non-hydrogen) atoms. The van der Waals surface area contributed by atoms with Crippen molar-refractivity contribution in [1.29, 1.82) is 0 Å². The van der Waals surface area contributed by atoms with Crippen molar-refractivity contribution in [3.05, 3.63) is 0 Å². The lowest BCUT2D eigenvalue weighted by atomic mass is 9.92. The van der Waals surface area contributed by atoms with Crippen molar-refractivity contribution in [2.24, 2.45) is 11.7 Å². The van der Waals surface area contributed by atoms with Gasteiger partial charge in [0, 0.05) is 38.9 Å². The molecule has 2 aliphatic rings. The van der Waals surface area contributed by atoms with Crippen LogP contribution in [0.15, 0.2) is 0 Å². The highest BCUT2D eigenvalue weighted by molar-refractivity contribution is 4.79. The van der Waals surface area contributed by atoms with Gasteiger partial charge < -0.3 is 10.5 Å². The molecule has 1 aliphatic carbocycles. The van der Waals surface area contributed by atoms with E-state index in [1.54, 1.807) is 0 Å². The smallest absolute Gasteiger partial charge is 0.0469 e. The first kappa shape index (κ1) is 13.3. The Hall–Kier alpha value is -0.120. The minimum atomic E-state index is 0.805. The highest BCUT2D eigenvalue weighted by Crippen LogP contribution is 2.25. The van der Waals surface area contributed by atoms with Gasteiger partial charge in [-0.3, -0.25) is 4.90 Å². The Morgan fingerprint density at radius 1 is 1.00 bits per heavy atom. The van der Waals surface area contributed by atoms with Crippen molar-refractivity contribution in [2.75, 3.05) is 32.8 Å². The third kappa shape index (κ3) is 4.23. The molecule has 0 aromatic heterocycles. The Kier molecular flexibility index (Phi) is 5.75. The van der Waals surface area contributed by atoms with Gasteiger partial charge in [0.25, 0.3) is 0 Å². The van der Waals surface area contributed by atoms with Gasteiger partial charge in [-0.1, -0.05) is 19.3 Å². The average Bonchev–Trinajstić information content (AvgIpc) is 2.40. The lowest BCUT2D eigenvalue weighted by Crippen LogP contribution is -2.43. The van der Waals surface area contributed by atoms with Gasteiger partial charge in [0.2, 0.25) is 0 Å². The molecule has 2 N–H and O–H groups in total. The van der Waals surface area contributed by atoms with Crippen LogP contribution in [-0.4, -0.2) is 43.8 Å². The quantitative estimate of drug-likeness (QED) is 0.799. The van der Waals surface area contributed by atoms with Crippen LogP contribution >= 0.6 is 0 Å². The largest absolute Gasteiger partial charge is 0.381 e. The lowest BCUT2D eigenvalue weighted by Gasteiger charge is -2.37. The molecular weight excluding hydrogens is 212 g/mol. The van der Waals surface area contributed by atoms with Crippen LogP contribution in [0.3, 0.4) is 0 Å². The number of nitrogens with zero attached hydrogens (tertiary/aromatic N) is 1. The maximum absolute atomic E-state index is 5.77. The van der Waals surface area contributed by atoms with Crippen molar-refractivity contribution in [1.82, 2.24) is 4.90 Å². The van der Waals surface area contributed by atoms with Gasteiger partial charge in [-0.25, -0.2) is 0 Å². The second-order valence-electron chi connectivity index (χ2n) is 5.63. The molecule has 2 fully saturated rings. The van der Waals surface area contributed by atoms with Crippen LogP contribution in [0.5, 0.6) is 0 Å². The summed E-state index contributed by atoms with van der Waals surface area (Å²) in [6.07, 6.45) is 9.54. The van der Waals surface area contributed by atoms with Crippen molar-refractivity contribution >= 4 is 0 Å². The van der Waals surface area contributed by atoms with E-state index < -0.39 is 0 Å². The molecule has 1 heterocycles. The number of nitrogens with two attached hydrogens (primary N) is 1.